The van der Waals surface area contributed by atoms with Gasteiger partial charge in [-0.05, 0) is 44.2 Å². The number of halogens is 1. The average molecular weight is 335 g/mol. The zero-order chi connectivity index (χ0) is 16.6. The smallest absolute Gasteiger partial charge is 0.289 e. The lowest BCUT2D eigenvalue weighted by Crippen LogP contribution is -2.48. The van der Waals surface area contributed by atoms with E-state index in [0.29, 0.717) is 40.9 Å². The number of nitrogens with two attached hydrogens (primary N) is 1. The molecule has 122 valence electrons. The van der Waals surface area contributed by atoms with E-state index in [4.69, 9.17) is 26.5 Å². The fourth-order valence-corrected chi connectivity index (χ4v) is 3.04. The van der Waals surface area contributed by atoms with Crippen molar-refractivity contribution in [1.29, 1.82) is 0 Å². The third-order valence-corrected chi connectivity index (χ3v) is 4.11. The van der Waals surface area contributed by atoms with Crippen molar-refractivity contribution in [2.75, 3.05) is 18.8 Å². The summed E-state index contributed by atoms with van der Waals surface area (Å²) in [7, 11) is 0. The number of hydrogen-bond acceptors (Lipinski definition) is 4. The van der Waals surface area contributed by atoms with E-state index in [1.807, 2.05) is 13.8 Å². The number of nitrogens with zero attached hydrogens (tertiary/aromatic N) is 1. The van der Waals surface area contributed by atoms with Crippen molar-refractivity contribution >= 4 is 23.2 Å². The van der Waals surface area contributed by atoms with Crippen molar-refractivity contribution in [3.05, 3.63) is 41.1 Å². The van der Waals surface area contributed by atoms with E-state index in [9.17, 15) is 4.79 Å². The number of carbonyl (C=O) groups excluding carboxylic acids is 1. The van der Waals surface area contributed by atoms with Crippen molar-refractivity contribution in [1.82, 2.24) is 4.90 Å². The first-order valence-electron chi connectivity index (χ1n) is 7.54. The van der Waals surface area contributed by atoms with Gasteiger partial charge in [0.2, 0.25) is 0 Å². The minimum atomic E-state index is -0.140. The molecule has 0 aliphatic carbocycles. The van der Waals surface area contributed by atoms with Gasteiger partial charge >= 0.3 is 0 Å². The first-order chi connectivity index (χ1) is 10.9. The predicted molar refractivity (Wildman–Crippen MR) is 89.5 cm³/mol. The molecule has 6 heteroatoms. The summed E-state index contributed by atoms with van der Waals surface area (Å²) < 4.78 is 11.4. The molecule has 1 fully saturated rings. The van der Waals surface area contributed by atoms with Gasteiger partial charge in [0, 0.05) is 24.3 Å². The minimum absolute atomic E-state index is 0.0144. The molecule has 0 saturated carbocycles. The van der Waals surface area contributed by atoms with Crippen LogP contribution in [0.2, 0.25) is 5.02 Å². The Hall–Kier alpha value is -1.98. The van der Waals surface area contributed by atoms with Crippen LogP contribution in [0, 0.1) is 0 Å². The second-order valence-corrected chi connectivity index (χ2v) is 6.28. The molecule has 1 aromatic carbocycles. The number of furan rings is 1. The third kappa shape index (κ3) is 3.35. The molecule has 0 spiro atoms. The molecule has 2 atom stereocenters. The minimum Gasteiger partial charge on any atom is -0.451 e. The number of anilines is 1. The highest BCUT2D eigenvalue weighted by Gasteiger charge is 2.28. The zero-order valence-corrected chi connectivity index (χ0v) is 13.8. The van der Waals surface area contributed by atoms with Crippen LogP contribution >= 0.6 is 11.6 Å². The molecule has 5 nitrogen and oxygen atoms in total. The summed E-state index contributed by atoms with van der Waals surface area (Å²) in [5, 5.41) is 0.529. The highest BCUT2D eigenvalue weighted by Crippen LogP contribution is 2.31. The molecule has 2 N–H and O–H groups in total. The summed E-state index contributed by atoms with van der Waals surface area (Å²) in [5.41, 5.74) is 7.05. The number of ether oxygens (including phenoxy) is 1. The van der Waals surface area contributed by atoms with Crippen LogP contribution in [0.25, 0.3) is 11.3 Å². The monoisotopic (exact) mass is 334 g/mol. The molecule has 1 aromatic heterocycles. The van der Waals surface area contributed by atoms with Crippen LogP contribution in [-0.4, -0.2) is 36.1 Å². The molecule has 1 amide bonds. The number of amides is 1. The van der Waals surface area contributed by atoms with E-state index >= 15 is 0 Å². The first-order valence-corrected chi connectivity index (χ1v) is 7.92. The molecule has 0 unspecified atom stereocenters. The number of hydrogen-bond donors (Lipinski definition) is 1. The van der Waals surface area contributed by atoms with Crippen molar-refractivity contribution in [3.8, 4) is 11.3 Å². The second-order valence-electron chi connectivity index (χ2n) is 5.87. The van der Waals surface area contributed by atoms with Gasteiger partial charge < -0.3 is 19.8 Å². The fraction of sp³-hybridized carbons (Fsp3) is 0.353. The molecule has 2 heterocycles. The summed E-state index contributed by atoms with van der Waals surface area (Å²) >= 11 is 6.18. The van der Waals surface area contributed by atoms with Gasteiger partial charge in [-0.25, -0.2) is 0 Å². The van der Waals surface area contributed by atoms with Crippen molar-refractivity contribution in [3.63, 3.8) is 0 Å². The lowest BCUT2D eigenvalue weighted by molar-refractivity contribution is -0.0592. The third-order valence-electron chi connectivity index (χ3n) is 3.78. The highest BCUT2D eigenvalue weighted by atomic mass is 35.5. The molecule has 3 rings (SSSR count). The molecular formula is C17H19ClN2O3. The SMILES string of the molecule is C[C@@H]1CN(C(=O)c2ccc(-c3cc(N)ccc3Cl)o2)C[C@@H](C)O1. The number of morpholine rings is 1. The molecule has 2 aromatic rings. The number of rotatable bonds is 2. The van der Waals surface area contributed by atoms with Gasteiger partial charge in [-0.2, -0.15) is 0 Å². The van der Waals surface area contributed by atoms with Crippen LogP contribution < -0.4 is 5.73 Å². The van der Waals surface area contributed by atoms with Crippen LogP contribution in [0.15, 0.2) is 34.7 Å². The Bertz CT molecular complexity index is 718. The van der Waals surface area contributed by atoms with E-state index < -0.39 is 0 Å². The second kappa shape index (κ2) is 6.26. The largest absolute Gasteiger partial charge is 0.451 e. The standard InChI is InChI=1S/C17H19ClN2O3/c1-10-8-20(9-11(2)22-10)17(21)16-6-5-15(23-16)13-7-12(19)3-4-14(13)18/h3-7,10-11H,8-9,19H2,1-2H3/t10-,11-/m1/s1. The topological polar surface area (TPSA) is 68.7 Å². The summed E-state index contributed by atoms with van der Waals surface area (Å²) in [4.78, 5) is 14.4. The Morgan fingerprint density at radius 1 is 1.22 bits per heavy atom. The Kier molecular flexibility index (Phi) is 4.33. The number of carbonyl (C=O) groups is 1. The Balaban J connectivity index is 1.84. The highest BCUT2D eigenvalue weighted by molar-refractivity contribution is 6.33. The quantitative estimate of drug-likeness (QED) is 0.854. The van der Waals surface area contributed by atoms with Crippen LogP contribution in [0.3, 0.4) is 0 Å². The van der Waals surface area contributed by atoms with Gasteiger partial charge in [-0.3, -0.25) is 4.79 Å². The van der Waals surface area contributed by atoms with Crippen LogP contribution in [0.4, 0.5) is 5.69 Å². The summed E-state index contributed by atoms with van der Waals surface area (Å²) in [6.45, 7) is 5.02. The fourth-order valence-electron chi connectivity index (χ4n) is 2.83. The predicted octanol–water partition coefficient (Wildman–Crippen LogP) is 3.43. The van der Waals surface area contributed by atoms with Gasteiger partial charge in [0.15, 0.2) is 5.76 Å². The Labute approximate surface area is 140 Å². The maximum absolute atomic E-state index is 12.6. The summed E-state index contributed by atoms with van der Waals surface area (Å²) in [5.74, 6) is 0.679. The Morgan fingerprint density at radius 2 is 1.91 bits per heavy atom. The van der Waals surface area contributed by atoms with E-state index in [-0.39, 0.29) is 18.1 Å². The molecular weight excluding hydrogens is 316 g/mol. The lowest BCUT2D eigenvalue weighted by Gasteiger charge is -2.34. The van der Waals surface area contributed by atoms with Gasteiger partial charge in [0.25, 0.3) is 5.91 Å². The van der Waals surface area contributed by atoms with E-state index in [1.165, 1.54) is 0 Å². The summed E-state index contributed by atoms with van der Waals surface area (Å²) in [6.07, 6.45) is 0.0287. The first kappa shape index (κ1) is 15.9. The number of benzene rings is 1. The van der Waals surface area contributed by atoms with Crippen molar-refractivity contribution in [2.45, 2.75) is 26.1 Å². The van der Waals surface area contributed by atoms with Crippen molar-refractivity contribution < 1.29 is 13.9 Å². The van der Waals surface area contributed by atoms with Crippen LogP contribution in [0.1, 0.15) is 24.4 Å². The molecule has 0 bridgehead atoms. The maximum atomic E-state index is 12.6. The molecule has 1 aliphatic heterocycles. The van der Waals surface area contributed by atoms with Crippen LogP contribution in [-0.2, 0) is 4.74 Å². The van der Waals surface area contributed by atoms with Gasteiger partial charge in [0.05, 0.1) is 17.2 Å². The van der Waals surface area contributed by atoms with Gasteiger partial charge in [-0.1, -0.05) is 11.6 Å². The van der Waals surface area contributed by atoms with Crippen molar-refractivity contribution in [2.24, 2.45) is 0 Å². The number of nitrogen functional groups attached to an aromatic ring is 1. The Morgan fingerprint density at radius 3 is 2.61 bits per heavy atom. The molecule has 23 heavy (non-hydrogen) atoms. The normalized spacial score (nSPS) is 21.4. The average Bonchev–Trinajstić information content (AvgIpc) is 2.97. The molecule has 0 radical (unpaired) electrons. The van der Waals surface area contributed by atoms with Gasteiger partial charge in [-0.15, -0.1) is 0 Å². The van der Waals surface area contributed by atoms with Gasteiger partial charge in [0.1, 0.15) is 5.76 Å². The maximum Gasteiger partial charge on any atom is 0.289 e. The zero-order valence-electron chi connectivity index (χ0n) is 13.1. The molecule has 1 aliphatic rings. The van der Waals surface area contributed by atoms with Crippen LogP contribution in [0.5, 0.6) is 0 Å². The van der Waals surface area contributed by atoms with E-state index in [1.54, 1.807) is 35.2 Å². The molecule has 1 saturated heterocycles. The van der Waals surface area contributed by atoms with E-state index in [0.717, 1.165) is 0 Å². The lowest BCUT2D eigenvalue weighted by atomic mass is 10.1. The van der Waals surface area contributed by atoms with E-state index in [2.05, 4.69) is 0 Å². The summed E-state index contributed by atoms with van der Waals surface area (Å²) in [6, 6.07) is 8.57.